The molecule has 0 atom stereocenters. The molecule has 0 saturated carbocycles. The van der Waals surface area contributed by atoms with Crippen LogP contribution < -0.4 is 0 Å². The lowest BCUT2D eigenvalue weighted by atomic mass is 10.2. The Kier molecular flexibility index (Phi) is 3.88. The topological polar surface area (TPSA) is 43.4 Å². The third kappa shape index (κ3) is 3.87. The Bertz CT molecular complexity index is 357. The third-order valence-corrected chi connectivity index (χ3v) is 1.47. The molecule has 1 aromatic rings. The zero-order valence-corrected chi connectivity index (χ0v) is 7.90. The average molecular weight is 211 g/mol. The van der Waals surface area contributed by atoms with Crippen molar-refractivity contribution in [1.29, 1.82) is 0 Å². The first-order chi connectivity index (χ1) is 6.68. The second-order valence-corrected chi connectivity index (χ2v) is 2.71. The molecule has 0 aliphatic rings. The van der Waals surface area contributed by atoms with Crippen LogP contribution in [0.15, 0.2) is 36.4 Å². The summed E-state index contributed by atoms with van der Waals surface area (Å²) in [4.78, 5) is 21.0. The lowest BCUT2D eigenvalue weighted by Crippen LogP contribution is -2.01. The van der Waals surface area contributed by atoms with Gasteiger partial charge in [-0.05, 0) is 11.6 Å². The Morgan fingerprint density at radius 3 is 2.43 bits per heavy atom. The first kappa shape index (κ1) is 10.5. The van der Waals surface area contributed by atoms with E-state index < -0.39 is 11.4 Å². The van der Waals surface area contributed by atoms with E-state index in [1.807, 2.05) is 30.3 Å². The molecular weight excluding hydrogens is 204 g/mol. The summed E-state index contributed by atoms with van der Waals surface area (Å²) in [5, 5.41) is 0. The standard InChI is InChI=1S/C10H7ClO3/c11-10(13)14-9(12)7-6-8-4-2-1-3-5-8/h1-7H. The molecule has 0 unspecified atom stereocenters. The van der Waals surface area contributed by atoms with E-state index in [1.165, 1.54) is 6.08 Å². The second kappa shape index (κ2) is 5.19. The maximum absolute atomic E-state index is 10.8. The molecule has 0 bridgehead atoms. The maximum Gasteiger partial charge on any atom is 0.411 e. The molecule has 0 fully saturated rings. The highest BCUT2D eigenvalue weighted by atomic mass is 35.5. The van der Waals surface area contributed by atoms with Crippen molar-refractivity contribution in [2.45, 2.75) is 0 Å². The Hall–Kier alpha value is -1.61. The van der Waals surface area contributed by atoms with E-state index in [1.54, 1.807) is 0 Å². The lowest BCUT2D eigenvalue weighted by Gasteiger charge is -1.92. The van der Waals surface area contributed by atoms with Crippen molar-refractivity contribution in [2.24, 2.45) is 0 Å². The van der Waals surface area contributed by atoms with Gasteiger partial charge in [0.1, 0.15) is 0 Å². The van der Waals surface area contributed by atoms with Crippen LogP contribution in [-0.4, -0.2) is 11.4 Å². The van der Waals surface area contributed by atoms with Gasteiger partial charge in [-0.25, -0.2) is 9.59 Å². The largest absolute Gasteiger partial charge is 0.411 e. The number of benzene rings is 1. The molecule has 0 amide bonds. The van der Waals surface area contributed by atoms with Crippen LogP contribution in [0.2, 0.25) is 0 Å². The minimum atomic E-state index is -1.13. The molecule has 4 heteroatoms. The summed E-state index contributed by atoms with van der Waals surface area (Å²) in [5.74, 6) is -0.783. The normalized spacial score (nSPS) is 10.1. The molecule has 14 heavy (non-hydrogen) atoms. The van der Waals surface area contributed by atoms with Gasteiger partial charge in [-0.2, -0.15) is 0 Å². The first-order valence-corrected chi connectivity index (χ1v) is 4.20. The van der Waals surface area contributed by atoms with Gasteiger partial charge < -0.3 is 4.74 Å². The number of hydrogen-bond donors (Lipinski definition) is 0. The summed E-state index contributed by atoms with van der Waals surface area (Å²) < 4.78 is 4.07. The molecule has 0 aromatic heterocycles. The van der Waals surface area contributed by atoms with E-state index in [0.29, 0.717) is 0 Å². The molecule has 0 aliphatic heterocycles. The van der Waals surface area contributed by atoms with Crippen LogP contribution in [-0.2, 0) is 9.53 Å². The molecule has 0 heterocycles. The number of hydrogen-bond acceptors (Lipinski definition) is 3. The van der Waals surface area contributed by atoms with Crippen molar-refractivity contribution < 1.29 is 14.3 Å². The van der Waals surface area contributed by atoms with Crippen molar-refractivity contribution in [1.82, 2.24) is 0 Å². The highest BCUT2D eigenvalue weighted by Crippen LogP contribution is 2.01. The first-order valence-electron chi connectivity index (χ1n) is 3.83. The lowest BCUT2D eigenvalue weighted by molar-refractivity contribution is -0.130. The molecule has 0 aliphatic carbocycles. The van der Waals surface area contributed by atoms with Crippen molar-refractivity contribution in [2.75, 3.05) is 0 Å². The number of rotatable bonds is 2. The van der Waals surface area contributed by atoms with Gasteiger partial charge in [-0.15, -0.1) is 0 Å². The maximum atomic E-state index is 10.8. The van der Waals surface area contributed by atoms with Crippen molar-refractivity contribution in [3.05, 3.63) is 42.0 Å². The van der Waals surface area contributed by atoms with Gasteiger partial charge in [0.15, 0.2) is 0 Å². The van der Waals surface area contributed by atoms with E-state index >= 15 is 0 Å². The van der Waals surface area contributed by atoms with Gasteiger partial charge >= 0.3 is 11.4 Å². The van der Waals surface area contributed by atoms with Gasteiger partial charge in [-0.1, -0.05) is 30.3 Å². The predicted octanol–water partition coefficient (Wildman–Crippen LogP) is 2.60. The Labute approximate surface area is 85.9 Å². The molecule has 0 N–H and O–H groups in total. The molecule has 1 aromatic carbocycles. The van der Waals surface area contributed by atoms with Crippen molar-refractivity contribution in [3.8, 4) is 0 Å². The summed E-state index contributed by atoms with van der Waals surface area (Å²) in [7, 11) is 0. The summed E-state index contributed by atoms with van der Waals surface area (Å²) in [6, 6.07) is 9.14. The minimum Gasteiger partial charge on any atom is -0.377 e. The number of esters is 1. The molecule has 0 saturated heterocycles. The highest BCUT2D eigenvalue weighted by Gasteiger charge is 2.01. The minimum absolute atomic E-state index is 0.783. The van der Waals surface area contributed by atoms with E-state index in [2.05, 4.69) is 4.74 Å². The predicted molar refractivity (Wildman–Crippen MR) is 52.8 cm³/mol. The van der Waals surface area contributed by atoms with Gasteiger partial charge in [0, 0.05) is 17.7 Å². The van der Waals surface area contributed by atoms with E-state index in [-0.39, 0.29) is 0 Å². The van der Waals surface area contributed by atoms with Gasteiger partial charge in [-0.3, -0.25) is 0 Å². The Morgan fingerprint density at radius 1 is 1.21 bits per heavy atom. The van der Waals surface area contributed by atoms with E-state index in [0.717, 1.165) is 11.6 Å². The van der Waals surface area contributed by atoms with E-state index in [9.17, 15) is 9.59 Å². The highest BCUT2D eigenvalue weighted by molar-refractivity contribution is 6.62. The van der Waals surface area contributed by atoms with E-state index in [4.69, 9.17) is 11.6 Å². The van der Waals surface area contributed by atoms with Crippen LogP contribution in [0.25, 0.3) is 6.08 Å². The summed E-state index contributed by atoms with van der Waals surface area (Å²) in [6.45, 7) is 0. The summed E-state index contributed by atoms with van der Waals surface area (Å²) in [5.41, 5.74) is -0.292. The van der Waals surface area contributed by atoms with Crippen LogP contribution in [0.3, 0.4) is 0 Å². The van der Waals surface area contributed by atoms with Gasteiger partial charge in [0.05, 0.1) is 0 Å². The Balaban J connectivity index is 2.56. The Morgan fingerprint density at radius 2 is 1.86 bits per heavy atom. The number of halogens is 1. The molecule has 3 nitrogen and oxygen atoms in total. The smallest absolute Gasteiger partial charge is 0.377 e. The quantitative estimate of drug-likeness (QED) is 0.326. The van der Waals surface area contributed by atoms with Crippen LogP contribution in [0.5, 0.6) is 0 Å². The molecule has 0 spiro atoms. The molecular formula is C10H7ClO3. The van der Waals surface area contributed by atoms with Crippen LogP contribution in [0.4, 0.5) is 4.79 Å². The molecule has 0 radical (unpaired) electrons. The molecule has 1 rings (SSSR count). The number of ether oxygens (including phenoxy) is 1. The third-order valence-electron chi connectivity index (χ3n) is 1.39. The van der Waals surface area contributed by atoms with Crippen LogP contribution >= 0.6 is 11.6 Å². The fourth-order valence-electron chi connectivity index (χ4n) is 0.842. The van der Waals surface area contributed by atoms with Crippen molar-refractivity contribution in [3.63, 3.8) is 0 Å². The summed E-state index contributed by atoms with van der Waals surface area (Å²) in [6.07, 6.45) is 2.66. The SMILES string of the molecule is O=C(Cl)OC(=O)C=Cc1ccccc1. The zero-order chi connectivity index (χ0) is 10.4. The van der Waals surface area contributed by atoms with Crippen LogP contribution in [0.1, 0.15) is 5.56 Å². The fourth-order valence-corrected chi connectivity index (χ4v) is 0.918. The number of carbonyl (C=O) groups is 2. The average Bonchev–Trinajstić information content (AvgIpc) is 2.15. The monoisotopic (exact) mass is 210 g/mol. The number of carbonyl (C=O) groups excluding carboxylic acids is 2. The second-order valence-electron chi connectivity index (χ2n) is 2.40. The van der Waals surface area contributed by atoms with Crippen LogP contribution in [0, 0.1) is 0 Å². The van der Waals surface area contributed by atoms with Crippen molar-refractivity contribution >= 4 is 29.1 Å². The van der Waals surface area contributed by atoms with Gasteiger partial charge in [0.2, 0.25) is 0 Å². The molecule has 72 valence electrons. The summed E-state index contributed by atoms with van der Waals surface area (Å²) >= 11 is 4.84. The van der Waals surface area contributed by atoms with Gasteiger partial charge in [0.25, 0.3) is 0 Å². The fraction of sp³-hybridized carbons (Fsp3) is 0. The zero-order valence-electron chi connectivity index (χ0n) is 7.14.